The standard InChI is InChI=1S/C9H15/c1-4-7-8-9(5-2)6-3/h9H,4-5,7-8H2,1-2H3. The summed E-state index contributed by atoms with van der Waals surface area (Å²) in [5, 5.41) is 0. The fourth-order valence-electron chi connectivity index (χ4n) is 0.829. The molecule has 0 aliphatic heterocycles. The van der Waals surface area contributed by atoms with Crippen molar-refractivity contribution in [3.05, 3.63) is 6.42 Å². The van der Waals surface area contributed by atoms with Gasteiger partial charge in [0.2, 0.25) is 0 Å². The molecule has 0 saturated carbocycles. The lowest BCUT2D eigenvalue weighted by Crippen LogP contribution is -1.92. The van der Waals surface area contributed by atoms with Crippen molar-refractivity contribution in [2.45, 2.75) is 39.5 Å². The minimum atomic E-state index is 0.421. The Labute approximate surface area is 58.7 Å². The molecule has 0 aromatic heterocycles. The van der Waals surface area contributed by atoms with Crippen LogP contribution in [0, 0.1) is 18.3 Å². The van der Waals surface area contributed by atoms with E-state index in [4.69, 9.17) is 6.42 Å². The molecule has 0 heteroatoms. The van der Waals surface area contributed by atoms with Gasteiger partial charge in [0.25, 0.3) is 0 Å². The first kappa shape index (κ1) is 8.56. The van der Waals surface area contributed by atoms with Gasteiger partial charge in [-0.2, -0.15) is 0 Å². The summed E-state index contributed by atoms with van der Waals surface area (Å²) in [6.07, 6.45) is 11.6. The Kier molecular flexibility index (Phi) is 5.41. The Bertz CT molecular complexity index is 86.7. The summed E-state index contributed by atoms with van der Waals surface area (Å²) in [5.74, 6) is 2.96. The average Bonchev–Trinajstić information content (AvgIpc) is 1.91. The van der Waals surface area contributed by atoms with Crippen LogP contribution in [0.5, 0.6) is 0 Å². The summed E-state index contributed by atoms with van der Waals surface area (Å²) >= 11 is 0. The van der Waals surface area contributed by atoms with E-state index >= 15 is 0 Å². The van der Waals surface area contributed by atoms with E-state index in [1.54, 1.807) is 0 Å². The molecular weight excluding hydrogens is 108 g/mol. The monoisotopic (exact) mass is 123 g/mol. The molecule has 0 heterocycles. The maximum atomic E-state index is 6.89. The molecule has 0 bridgehead atoms. The third kappa shape index (κ3) is 4.09. The molecule has 0 N–H and O–H groups in total. The van der Waals surface area contributed by atoms with Gasteiger partial charge in [0.05, 0.1) is 0 Å². The molecule has 1 unspecified atom stereocenters. The van der Waals surface area contributed by atoms with Crippen molar-refractivity contribution in [3.8, 4) is 5.92 Å². The highest BCUT2D eigenvalue weighted by Crippen LogP contribution is 2.10. The first-order chi connectivity index (χ1) is 4.35. The average molecular weight is 123 g/mol. The molecule has 0 aliphatic carbocycles. The van der Waals surface area contributed by atoms with Crippen LogP contribution in [0.2, 0.25) is 0 Å². The van der Waals surface area contributed by atoms with Crippen LogP contribution in [0.15, 0.2) is 0 Å². The quantitative estimate of drug-likeness (QED) is 0.504. The predicted octanol–water partition coefficient (Wildman–Crippen LogP) is 2.79. The van der Waals surface area contributed by atoms with Crippen LogP contribution >= 0.6 is 0 Å². The van der Waals surface area contributed by atoms with Crippen molar-refractivity contribution in [2.75, 3.05) is 0 Å². The second kappa shape index (κ2) is 5.69. The predicted molar refractivity (Wildman–Crippen MR) is 40.4 cm³/mol. The van der Waals surface area contributed by atoms with Gasteiger partial charge in [0.1, 0.15) is 0 Å². The van der Waals surface area contributed by atoms with Gasteiger partial charge in [-0.15, -0.1) is 0 Å². The van der Waals surface area contributed by atoms with Crippen molar-refractivity contribution in [1.29, 1.82) is 0 Å². The minimum Gasteiger partial charge on any atom is -0.0857 e. The van der Waals surface area contributed by atoms with Crippen molar-refractivity contribution in [2.24, 2.45) is 5.92 Å². The maximum absolute atomic E-state index is 6.89. The van der Waals surface area contributed by atoms with Crippen LogP contribution in [0.3, 0.4) is 0 Å². The van der Waals surface area contributed by atoms with Crippen LogP contribution in [0.1, 0.15) is 39.5 Å². The topological polar surface area (TPSA) is 0 Å². The largest absolute Gasteiger partial charge is 0.0857 e. The summed E-state index contributed by atoms with van der Waals surface area (Å²) in [6, 6.07) is 0. The van der Waals surface area contributed by atoms with E-state index < -0.39 is 0 Å². The summed E-state index contributed by atoms with van der Waals surface area (Å²) in [4.78, 5) is 0. The highest BCUT2D eigenvalue weighted by molar-refractivity contribution is 4.85. The van der Waals surface area contributed by atoms with Crippen LogP contribution in [0.4, 0.5) is 0 Å². The zero-order valence-corrected chi connectivity index (χ0v) is 6.41. The molecule has 51 valence electrons. The molecule has 0 amide bonds. The van der Waals surface area contributed by atoms with Crippen molar-refractivity contribution < 1.29 is 0 Å². The summed E-state index contributed by atoms with van der Waals surface area (Å²) in [5.41, 5.74) is 0. The third-order valence-electron chi connectivity index (χ3n) is 1.60. The number of hydrogen-bond acceptors (Lipinski definition) is 0. The van der Waals surface area contributed by atoms with Crippen molar-refractivity contribution >= 4 is 0 Å². The maximum Gasteiger partial charge on any atom is 0.0210 e. The van der Waals surface area contributed by atoms with Gasteiger partial charge in [0.15, 0.2) is 0 Å². The van der Waals surface area contributed by atoms with Crippen LogP contribution in [-0.4, -0.2) is 0 Å². The zero-order valence-electron chi connectivity index (χ0n) is 6.41. The van der Waals surface area contributed by atoms with Gasteiger partial charge in [0, 0.05) is 5.92 Å². The van der Waals surface area contributed by atoms with Crippen molar-refractivity contribution in [3.63, 3.8) is 0 Å². The Morgan fingerprint density at radius 2 is 2.11 bits per heavy atom. The summed E-state index contributed by atoms with van der Waals surface area (Å²) < 4.78 is 0. The minimum absolute atomic E-state index is 0.421. The zero-order chi connectivity index (χ0) is 7.11. The van der Waals surface area contributed by atoms with Crippen molar-refractivity contribution in [1.82, 2.24) is 0 Å². The lowest BCUT2D eigenvalue weighted by Gasteiger charge is -2.03. The highest BCUT2D eigenvalue weighted by atomic mass is 14.0. The Balaban J connectivity index is 3.23. The fourth-order valence-corrected chi connectivity index (χ4v) is 0.829. The molecule has 0 fully saturated rings. The van der Waals surface area contributed by atoms with E-state index in [1.165, 1.54) is 12.8 Å². The first-order valence-electron chi connectivity index (χ1n) is 3.77. The smallest absolute Gasteiger partial charge is 0.0210 e. The fraction of sp³-hybridized carbons (Fsp3) is 0.778. The SMILES string of the molecule is [C]#CC(CC)CCCC. The number of hydrogen-bond donors (Lipinski definition) is 0. The molecule has 0 spiro atoms. The first-order valence-corrected chi connectivity index (χ1v) is 3.77. The molecule has 0 aromatic rings. The highest BCUT2D eigenvalue weighted by Gasteiger charge is 1.98. The molecule has 1 radical (unpaired) electrons. The van der Waals surface area contributed by atoms with Gasteiger partial charge in [-0.1, -0.05) is 32.6 Å². The van der Waals surface area contributed by atoms with Gasteiger partial charge >= 0.3 is 0 Å². The van der Waals surface area contributed by atoms with E-state index in [0.29, 0.717) is 5.92 Å². The molecule has 0 rings (SSSR count). The summed E-state index contributed by atoms with van der Waals surface area (Å²) in [7, 11) is 0. The van der Waals surface area contributed by atoms with Crippen LogP contribution in [-0.2, 0) is 0 Å². The molecule has 0 aromatic carbocycles. The van der Waals surface area contributed by atoms with Gasteiger partial charge in [-0.05, 0) is 19.3 Å². The second-order valence-corrected chi connectivity index (χ2v) is 2.39. The second-order valence-electron chi connectivity index (χ2n) is 2.39. The lowest BCUT2D eigenvalue weighted by molar-refractivity contribution is 0.556. The van der Waals surface area contributed by atoms with E-state index in [-0.39, 0.29) is 0 Å². The van der Waals surface area contributed by atoms with Crippen LogP contribution in [0.25, 0.3) is 0 Å². The van der Waals surface area contributed by atoms with Gasteiger partial charge in [-0.25, -0.2) is 0 Å². The number of unbranched alkanes of at least 4 members (excludes halogenated alkanes) is 1. The van der Waals surface area contributed by atoms with E-state index in [1.807, 2.05) is 0 Å². The molecule has 1 atom stereocenters. The Morgan fingerprint density at radius 1 is 1.44 bits per heavy atom. The van der Waals surface area contributed by atoms with Crippen LogP contribution < -0.4 is 0 Å². The molecular formula is C9H15. The normalized spacial score (nSPS) is 12.6. The molecule has 0 saturated heterocycles. The number of rotatable bonds is 4. The molecule has 9 heavy (non-hydrogen) atoms. The van der Waals surface area contributed by atoms with E-state index in [9.17, 15) is 0 Å². The van der Waals surface area contributed by atoms with Gasteiger partial charge < -0.3 is 0 Å². The summed E-state index contributed by atoms with van der Waals surface area (Å²) in [6.45, 7) is 4.29. The Hall–Kier alpha value is -0.440. The van der Waals surface area contributed by atoms with Gasteiger partial charge in [-0.3, -0.25) is 0 Å². The lowest BCUT2D eigenvalue weighted by atomic mass is 10.0. The molecule has 0 nitrogen and oxygen atoms in total. The third-order valence-corrected chi connectivity index (χ3v) is 1.60. The van der Waals surface area contributed by atoms with E-state index in [2.05, 4.69) is 19.8 Å². The van der Waals surface area contributed by atoms with E-state index in [0.717, 1.165) is 12.8 Å². The molecule has 0 aliphatic rings. The Morgan fingerprint density at radius 3 is 2.44 bits per heavy atom.